The van der Waals surface area contributed by atoms with E-state index >= 15 is 0 Å². The van der Waals surface area contributed by atoms with Crippen LogP contribution in [0.2, 0.25) is 0 Å². The molecule has 0 unspecified atom stereocenters. The van der Waals surface area contributed by atoms with Gasteiger partial charge in [0.2, 0.25) is 0 Å². The molecule has 0 saturated carbocycles. The first kappa shape index (κ1) is 16.6. The molecule has 0 saturated heterocycles. The van der Waals surface area contributed by atoms with Gasteiger partial charge < -0.3 is 10.6 Å². The van der Waals surface area contributed by atoms with Crippen LogP contribution in [-0.4, -0.2) is 15.9 Å². The third-order valence-electron chi connectivity index (χ3n) is 3.62. The van der Waals surface area contributed by atoms with Crippen molar-refractivity contribution in [3.63, 3.8) is 0 Å². The fourth-order valence-electron chi connectivity index (χ4n) is 2.28. The molecule has 2 aromatic carbocycles. The third-order valence-corrected chi connectivity index (χ3v) is 3.62. The number of anilines is 3. The maximum absolute atomic E-state index is 13.2. The number of carbonyl (C=O) groups excluding carboxylic acids is 1. The van der Waals surface area contributed by atoms with E-state index in [2.05, 4.69) is 27.5 Å². The maximum atomic E-state index is 13.2. The number of carbonyl (C=O) groups is 1. The molecule has 3 aromatic rings. The lowest BCUT2D eigenvalue weighted by Gasteiger charge is -2.08. The van der Waals surface area contributed by atoms with Crippen molar-refractivity contribution in [1.29, 1.82) is 0 Å². The molecular weight excluding hydrogens is 319 g/mol. The Hall–Kier alpha value is -3.28. The standard InChI is InChI=1S/C19H17FN4O/c1-2-13-6-8-15(9-7-13)24-19(25)17-11-18(22-12-21-17)23-16-5-3-4-14(20)10-16/h3-12H,2H2,1H3,(H,24,25)(H,21,22,23). The lowest BCUT2D eigenvalue weighted by molar-refractivity contribution is 0.102. The fourth-order valence-corrected chi connectivity index (χ4v) is 2.28. The number of aryl methyl sites for hydroxylation is 1. The molecule has 25 heavy (non-hydrogen) atoms. The van der Waals surface area contributed by atoms with Gasteiger partial charge in [-0.3, -0.25) is 4.79 Å². The minimum atomic E-state index is -0.354. The van der Waals surface area contributed by atoms with Crippen molar-refractivity contribution in [3.8, 4) is 0 Å². The fraction of sp³-hybridized carbons (Fsp3) is 0.105. The molecule has 0 bridgehead atoms. The Morgan fingerprint density at radius 3 is 2.56 bits per heavy atom. The first-order valence-corrected chi connectivity index (χ1v) is 7.89. The van der Waals surface area contributed by atoms with E-state index in [0.717, 1.165) is 6.42 Å². The van der Waals surface area contributed by atoms with E-state index in [1.54, 1.807) is 12.1 Å². The minimum absolute atomic E-state index is 0.216. The molecule has 126 valence electrons. The zero-order valence-electron chi connectivity index (χ0n) is 13.7. The minimum Gasteiger partial charge on any atom is -0.340 e. The summed E-state index contributed by atoms with van der Waals surface area (Å²) in [6.07, 6.45) is 2.23. The Balaban J connectivity index is 1.72. The van der Waals surface area contributed by atoms with Gasteiger partial charge in [-0.15, -0.1) is 0 Å². The molecule has 0 aliphatic carbocycles. The SMILES string of the molecule is CCc1ccc(NC(=O)c2cc(Nc3cccc(F)c3)ncn2)cc1. The number of halogens is 1. The summed E-state index contributed by atoms with van der Waals surface area (Å²) in [5.41, 5.74) is 2.65. The number of hydrogen-bond donors (Lipinski definition) is 2. The normalized spacial score (nSPS) is 10.3. The average molecular weight is 336 g/mol. The van der Waals surface area contributed by atoms with Crippen LogP contribution in [0.5, 0.6) is 0 Å². The van der Waals surface area contributed by atoms with Crippen molar-refractivity contribution in [1.82, 2.24) is 9.97 Å². The smallest absolute Gasteiger partial charge is 0.274 e. The largest absolute Gasteiger partial charge is 0.340 e. The Bertz CT molecular complexity index is 881. The summed E-state index contributed by atoms with van der Waals surface area (Å²) in [5, 5.41) is 5.74. The van der Waals surface area contributed by atoms with Gasteiger partial charge in [0.1, 0.15) is 23.7 Å². The number of amides is 1. The van der Waals surface area contributed by atoms with Gasteiger partial charge in [-0.1, -0.05) is 25.1 Å². The van der Waals surface area contributed by atoms with E-state index in [0.29, 0.717) is 17.2 Å². The molecular formula is C19H17FN4O. The van der Waals surface area contributed by atoms with E-state index in [9.17, 15) is 9.18 Å². The second-order valence-corrected chi connectivity index (χ2v) is 5.43. The summed E-state index contributed by atoms with van der Waals surface area (Å²) in [6, 6.07) is 15.1. The zero-order valence-corrected chi connectivity index (χ0v) is 13.7. The van der Waals surface area contributed by atoms with Crippen LogP contribution in [0.1, 0.15) is 23.0 Å². The van der Waals surface area contributed by atoms with Gasteiger partial charge in [0.25, 0.3) is 5.91 Å². The molecule has 0 aliphatic heterocycles. The van der Waals surface area contributed by atoms with Crippen LogP contribution in [0.4, 0.5) is 21.6 Å². The summed E-state index contributed by atoms with van der Waals surface area (Å²) >= 11 is 0. The van der Waals surface area contributed by atoms with E-state index in [1.807, 2.05) is 24.3 Å². The van der Waals surface area contributed by atoms with Crippen molar-refractivity contribution >= 4 is 23.1 Å². The molecule has 1 heterocycles. The summed E-state index contributed by atoms with van der Waals surface area (Å²) in [4.78, 5) is 20.4. The Morgan fingerprint density at radius 2 is 1.84 bits per heavy atom. The molecule has 5 nitrogen and oxygen atoms in total. The number of nitrogens with zero attached hydrogens (tertiary/aromatic N) is 2. The third kappa shape index (κ3) is 4.38. The van der Waals surface area contributed by atoms with Crippen LogP contribution in [0.15, 0.2) is 60.9 Å². The number of hydrogen-bond acceptors (Lipinski definition) is 4. The van der Waals surface area contributed by atoms with Gasteiger partial charge in [-0.2, -0.15) is 0 Å². The van der Waals surface area contributed by atoms with Crippen LogP contribution in [0.3, 0.4) is 0 Å². The van der Waals surface area contributed by atoms with Crippen LogP contribution in [0.25, 0.3) is 0 Å². The highest BCUT2D eigenvalue weighted by atomic mass is 19.1. The van der Waals surface area contributed by atoms with Crippen LogP contribution >= 0.6 is 0 Å². The van der Waals surface area contributed by atoms with Crippen LogP contribution < -0.4 is 10.6 Å². The predicted molar refractivity (Wildman–Crippen MR) is 95.5 cm³/mol. The number of aromatic nitrogens is 2. The molecule has 0 radical (unpaired) electrons. The average Bonchev–Trinajstić information content (AvgIpc) is 2.62. The van der Waals surface area contributed by atoms with Crippen molar-refractivity contribution in [2.45, 2.75) is 13.3 Å². The van der Waals surface area contributed by atoms with Gasteiger partial charge in [-0.05, 0) is 42.3 Å². The lowest BCUT2D eigenvalue weighted by atomic mass is 10.1. The highest BCUT2D eigenvalue weighted by Crippen LogP contribution is 2.16. The molecule has 1 amide bonds. The highest BCUT2D eigenvalue weighted by molar-refractivity contribution is 6.03. The Kier molecular flexibility index (Phi) is 4.99. The maximum Gasteiger partial charge on any atom is 0.274 e. The van der Waals surface area contributed by atoms with Crippen molar-refractivity contribution in [2.24, 2.45) is 0 Å². The summed E-state index contributed by atoms with van der Waals surface area (Å²) in [7, 11) is 0. The molecule has 6 heteroatoms. The monoisotopic (exact) mass is 336 g/mol. The van der Waals surface area contributed by atoms with Crippen LogP contribution in [-0.2, 0) is 6.42 Å². The summed E-state index contributed by atoms with van der Waals surface area (Å²) in [5.74, 6) is -0.284. The number of benzene rings is 2. The molecule has 0 fully saturated rings. The topological polar surface area (TPSA) is 66.9 Å². The first-order valence-electron chi connectivity index (χ1n) is 7.89. The van der Waals surface area contributed by atoms with E-state index in [1.165, 1.54) is 30.1 Å². The van der Waals surface area contributed by atoms with E-state index in [4.69, 9.17) is 0 Å². The van der Waals surface area contributed by atoms with Gasteiger partial charge >= 0.3 is 0 Å². The van der Waals surface area contributed by atoms with E-state index < -0.39 is 0 Å². The summed E-state index contributed by atoms with van der Waals surface area (Å²) in [6.45, 7) is 2.07. The predicted octanol–water partition coefficient (Wildman–Crippen LogP) is 4.17. The van der Waals surface area contributed by atoms with Crippen molar-refractivity contribution in [3.05, 3.63) is 78.0 Å². The zero-order chi connectivity index (χ0) is 17.6. The summed E-state index contributed by atoms with van der Waals surface area (Å²) < 4.78 is 13.2. The second kappa shape index (κ2) is 7.53. The Labute approximate surface area is 145 Å². The highest BCUT2D eigenvalue weighted by Gasteiger charge is 2.09. The Morgan fingerprint density at radius 1 is 1.04 bits per heavy atom. The van der Waals surface area contributed by atoms with Crippen LogP contribution in [0, 0.1) is 5.82 Å². The molecule has 0 aliphatic rings. The van der Waals surface area contributed by atoms with Crippen molar-refractivity contribution in [2.75, 3.05) is 10.6 Å². The van der Waals surface area contributed by atoms with Gasteiger partial charge in [0, 0.05) is 17.4 Å². The second-order valence-electron chi connectivity index (χ2n) is 5.43. The molecule has 2 N–H and O–H groups in total. The number of rotatable bonds is 5. The van der Waals surface area contributed by atoms with Gasteiger partial charge in [-0.25, -0.2) is 14.4 Å². The quantitative estimate of drug-likeness (QED) is 0.734. The van der Waals surface area contributed by atoms with E-state index in [-0.39, 0.29) is 17.4 Å². The molecule has 0 spiro atoms. The molecule has 1 aromatic heterocycles. The molecule has 3 rings (SSSR count). The lowest BCUT2D eigenvalue weighted by Crippen LogP contribution is -2.14. The van der Waals surface area contributed by atoms with Crippen molar-refractivity contribution < 1.29 is 9.18 Å². The molecule has 0 atom stereocenters. The van der Waals surface area contributed by atoms with Gasteiger partial charge in [0.15, 0.2) is 0 Å². The number of nitrogens with one attached hydrogen (secondary N) is 2. The van der Waals surface area contributed by atoms with Gasteiger partial charge in [0.05, 0.1) is 0 Å². The first-order chi connectivity index (χ1) is 12.1.